The van der Waals surface area contributed by atoms with Gasteiger partial charge in [0.2, 0.25) is 5.91 Å². The van der Waals surface area contributed by atoms with E-state index in [4.69, 9.17) is 4.74 Å². The highest BCUT2D eigenvalue weighted by atomic mass is 32.1. The molecule has 1 amide bonds. The van der Waals surface area contributed by atoms with E-state index in [0.29, 0.717) is 6.61 Å². The van der Waals surface area contributed by atoms with Crippen LogP contribution in [0.4, 0.5) is 0 Å². The lowest BCUT2D eigenvalue weighted by Crippen LogP contribution is -2.27. The number of fused-ring (bicyclic) bond motifs is 1. The first-order chi connectivity index (χ1) is 15.0. The van der Waals surface area contributed by atoms with Gasteiger partial charge >= 0.3 is 0 Å². The number of rotatable bonds is 7. The maximum Gasteiger partial charge on any atom is 0.246 e. The highest BCUT2D eigenvalue weighted by Crippen LogP contribution is 2.29. The third kappa shape index (κ3) is 5.00. The van der Waals surface area contributed by atoms with Gasteiger partial charge in [-0.25, -0.2) is 9.97 Å². The average molecular weight is 450 g/mol. The molecule has 4 rings (SSSR count). The lowest BCUT2D eigenvalue weighted by molar-refractivity contribution is -0.126. The molecule has 1 atom stereocenters. The summed E-state index contributed by atoms with van der Waals surface area (Å²) in [6.45, 7) is 4.37. The van der Waals surface area contributed by atoms with Gasteiger partial charge in [-0.15, -0.1) is 22.7 Å². The van der Waals surface area contributed by atoms with Crippen molar-refractivity contribution in [3.63, 3.8) is 0 Å². The van der Waals surface area contributed by atoms with Crippen molar-refractivity contribution < 1.29 is 9.53 Å². The number of amides is 1. The molecule has 2 aromatic heterocycles. The quantitative estimate of drug-likeness (QED) is 0.331. The first kappa shape index (κ1) is 21.2. The van der Waals surface area contributed by atoms with Crippen LogP contribution in [0.1, 0.15) is 34.2 Å². The molecule has 7 heteroatoms. The normalized spacial score (nSPS) is 12.4. The number of aromatic nitrogens is 2. The predicted molar refractivity (Wildman–Crippen MR) is 127 cm³/mol. The predicted octanol–water partition coefficient (Wildman–Crippen LogP) is 5.87. The zero-order chi connectivity index (χ0) is 21.8. The van der Waals surface area contributed by atoms with Gasteiger partial charge in [0.15, 0.2) is 0 Å². The van der Waals surface area contributed by atoms with Gasteiger partial charge in [-0.05, 0) is 38.1 Å². The van der Waals surface area contributed by atoms with E-state index in [1.54, 1.807) is 46.8 Å². The molecule has 2 heterocycles. The summed E-state index contributed by atoms with van der Waals surface area (Å²) >= 11 is 3.22. The fourth-order valence-electron chi connectivity index (χ4n) is 3.08. The number of thiazole rings is 2. The van der Waals surface area contributed by atoms with Crippen LogP contribution in [0, 0.1) is 6.92 Å². The van der Waals surface area contributed by atoms with Crippen LogP contribution in [0.15, 0.2) is 60.0 Å². The smallest absolute Gasteiger partial charge is 0.246 e. The molecule has 0 bridgehead atoms. The molecule has 0 saturated heterocycles. The Kier molecular flexibility index (Phi) is 6.44. The Morgan fingerprint density at radius 2 is 1.94 bits per heavy atom. The number of nitrogens with zero attached hydrogens (tertiary/aromatic N) is 3. The van der Waals surface area contributed by atoms with Gasteiger partial charge in [0.25, 0.3) is 0 Å². The fraction of sp³-hybridized carbons (Fsp3) is 0.208. The minimum absolute atomic E-state index is 0.0864. The summed E-state index contributed by atoms with van der Waals surface area (Å²) in [6.07, 6.45) is 3.38. The Morgan fingerprint density at radius 1 is 1.16 bits per heavy atom. The number of para-hydroxylation sites is 2. The molecule has 0 aliphatic rings. The molecule has 4 aromatic rings. The van der Waals surface area contributed by atoms with Crippen molar-refractivity contribution in [2.75, 3.05) is 7.05 Å². The van der Waals surface area contributed by atoms with Gasteiger partial charge in [-0.1, -0.05) is 30.3 Å². The minimum Gasteiger partial charge on any atom is -0.487 e. The van der Waals surface area contributed by atoms with Gasteiger partial charge in [-0.2, -0.15) is 0 Å². The number of carbonyl (C=O) groups excluding carboxylic acids is 1. The molecule has 1 unspecified atom stereocenters. The first-order valence-corrected chi connectivity index (χ1v) is 11.6. The van der Waals surface area contributed by atoms with Gasteiger partial charge in [0, 0.05) is 24.1 Å². The van der Waals surface area contributed by atoms with Gasteiger partial charge in [0.05, 0.1) is 27.0 Å². The lowest BCUT2D eigenvalue weighted by atomic mass is 10.2. The van der Waals surface area contributed by atoms with Crippen molar-refractivity contribution in [1.29, 1.82) is 0 Å². The molecule has 0 radical (unpaired) electrons. The van der Waals surface area contributed by atoms with E-state index < -0.39 is 0 Å². The SMILES string of the molecule is Cc1nc(COc2ccccc2/C=C/C(=O)N(C)C(C)c2nc3ccccc3s2)cs1. The van der Waals surface area contributed by atoms with Crippen molar-refractivity contribution in [1.82, 2.24) is 14.9 Å². The topological polar surface area (TPSA) is 55.3 Å². The minimum atomic E-state index is -0.117. The Balaban J connectivity index is 1.44. The van der Waals surface area contributed by atoms with Crippen LogP contribution < -0.4 is 4.74 Å². The Labute approximate surface area is 189 Å². The van der Waals surface area contributed by atoms with Crippen LogP contribution in [-0.4, -0.2) is 27.8 Å². The summed E-state index contributed by atoms with van der Waals surface area (Å²) in [7, 11) is 1.80. The highest BCUT2D eigenvalue weighted by molar-refractivity contribution is 7.18. The summed E-state index contributed by atoms with van der Waals surface area (Å²) in [6, 6.07) is 15.6. The number of likely N-dealkylation sites (N-methyl/N-ethyl adjacent to an activating group) is 1. The van der Waals surface area contributed by atoms with Gasteiger partial charge < -0.3 is 9.64 Å². The second kappa shape index (κ2) is 9.41. The second-order valence-corrected chi connectivity index (χ2v) is 9.29. The molecule has 0 N–H and O–H groups in total. The molecule has 0 aliphatic carbocycles. The molecule has 0 aliphatic heterocycles. The summed E-state index contributed by atoms with van der Waals surface area (Å²) < 4.78 is 7.07. The van der Waals surface area contributed by atoms with Crippen LogP contribution in [-0.2, 0) is 11.4 Å². The number of aryl methyl sites for hydroxylation is 1. The maximum absolute atomic E-state index is 12.8. The average Bonchev–Trinajstić information content (AvgIpc) is 3.41. The largest absolute Gasteiger partial charge is 0.487 e. The molecule has 2 aromatic carbocycles. The summed E-state index contributed by atoms with van der Waals surface area (Å²) in [5, 5.41) is 3.94. The van der Waals surface area contributed by atoms with Crippen LogP contribution in [0.3, 0.4) is 0 Å². The van der Waals surface area contributed by atoms with E-state index in [1.165, 1.54) is 0 Å². The first-order valence-electron chi connectivity index (χ1n) is 9.94. The third-order valence-electron chi connectivity index (χ3n) is 4.96. The summed E-state index contributed by atoms with van der Waals surface area (Å²) in [4.78, 5) is 23.6. The van der Waals surface area contributed by atoms with Crippen LogP contribution in [0.5, 0.6) is 5.75 Å². The van der Waals surface area contributed by atoms with E-state index in [-0.39, 0.29) is 11.9 Å². The van der Waals surface area contributed by atoms with Crippen molar-refractivity contribution >= 4 is 44.9 Å². The van der Waals surface area contributed by atoms with E-state index in [9.17, 15) is 4.79 Å². The van der Waals surface area contributed by atoms with Crippen molar-refractivity contribution in [2.24, 2.45) is 0 Å². The standard InChI is InChI=1S/C24H23N3O2S2/c1-16(24-26-20-9-5-7-11-22(20)31-24)27(3)23(28)13-12-18-8-4-6-10-21(18)29-14-19-15-30-17(2)25-19/h4-13,15-16H,14H2,1-3H3/b13-12+. The Hall–Kier alpha value is -3.03. The zero-order valence-electron chi connectivity index (χ0n) is 17.6. The molecular weight excluding hydrogens is 426 g/mol. The molecule has 158 valence electrons. The number of hydrogen-bond acceptors (Lipinski definition) is 6. The number of benzene rings is 2. The number of hydrogen-bond donors (Lipinski definition) is 0. The zero-order valence-corrected chi connectivity index (χ0v) is 19.2. The van der Waals surface area contributed by atoms with Gasteiger partial charge in [-0.3, -0.25) is 4.79 Å². The Bertz CT molecular complexity index is 1200. The summed E-state index contributed by atoms with van der Waals surface area (Å²) in [5.74, 6) is 0.635. The molecule has 5 nitrogen and oxygen atoms in total. The second-order valence-electron chi connectivity index (χ2n) is 7.16. The number of ether oxygens (including phenoxy) is 1. The lowest BCUT2D eigenvalue weighted by Gasteiger charge is -2.21. The van der Waals surface area contributed by atoms with Gasteiger partial charge in [0.1, 0.15) is 17.4 Å². The fourth-order valence-corrected chi connectivity index (χ4v) is 4.74. The van der Waals surface area contributed by atoms with Crippen LogP contribution >= 0.6 is 22.7 Å². The van der Waals surface area contributed by atoms with Crippen molar-refractivity contribution in [2.45, 2.75) is 26.5 Å². The highest BCUT2D eigenvalue weighted by Gasteiger charge is 2.19. The van der Waals surface area contributed by atoms with E-state index in [2.05, 4.69) is 16.0 Å². The van der Waals surface area contributed by atoms with E-state index in [0.717, 1.165) is 37.2 Å². The molecule has 31 heavy (non-hydrogen) atoms. The van der Waals surface area contributed by atoms with Crippen LogP contribution in [0.25, 0.3) is 16.3 Å². The molecule has 0 fully saturated rings. The van der Waals surface area contributed by atoms with E-state index >= 15 is 0 Å². The molecule has 0 spiro atoms. The van der Waals surface area contributed by atoms with E-state index in [1.807, 2.05) is 61.7 Å². The van der Waals surface area contributed by atoms with Crippen LogP contribution in [0.2, 0.25) is 0 Å². The summed E-state index contributed by atoms with van der Waals surface area (Å²) in [5.41, 5.74) is 2.72. The number of carbonyl (C=O) groups is 1. The molecule has 0 saturated carbocycles. The maximum atomic E-state index is 12.8. The third-order valence-corrected chi connectivity index (χ3v) is 6.99. The van der Waals surface area contributed by atoms with Crippen molar-refractivity contribution in [3.05, 3.63) is 81.3 Å². The monoisotopic (exact) mass is 449 g/mol. The Morgan fingerprint density at radius 3 is 2.71 bits per heavy atom. The molecular formula is C24H23N3O2S2. The van der Waals surface area contributed by atoms with Crippen molar-refractivity contribution in [3.8, 4) is 5.75 Å².